The molecule has 0 amide bonds. The Morgan fingerprint density at radius 2 is 1.43 bits per heavy atom. The smallest absolute Gasteiger partial charge is 0.175 e. The molecule has 0 bridgehead atoms. The maximum absolute atomic E-state index is 2.69. The number of rotatable bonds is 5. The summed E-state index contributed by atoms with van der Waals surface area (Å²) >= 11 is 0. The molecule has 0 spiro atoms. The van der Waals surface area contributed by atoms with E-state index in [0.29, 0.717) is 6.04 Å². The third kappa shape index (κ3) is 5.09. The zero-order chi connectivity index (χ0) is 16.8. The monoisotopic (exact) mass is 319 g/mol. The maximum atomic E-state index is 2.69. The van der Waals surface area contributed by atoms with Gasteiger partial charge in [0.1, 0.15) is 6.04 Å². The topological polar surface area (TPSA) is 6.25 Å². The Hall–Kier alpha value is -0.790. The number of nitrogens with zero attached hydrogens (tertiary/aromatic N) is 2. The SMILES string of the molecule is C/C(=C/C(C)=[N+](\C(C)C)C1CCCCC1)N(C)C1CCCCC1. The van der Waals surface area contributed by atoms with Gasteiger partial charge in [-0.05, 0) is 46.5 Å². The molecule has 0 N–H and O–H groups in total. The Morgan fingerprint density at radius 1 is 0.913 bits per heavy atom. The molecule has 0 aromatic carbocycles. The molecule has 0 saturated heterocycles. The molecular formula is C21H39N2+. The summed E-state index contributed by atoms with van der Waals surface area (Å²) in [5.74, 6) is 0. The van der Waals surface area contributed by atoms with E-state index in [4.69, 9.17) is 0 Å². The quantitative estimate of drug-likeness (QED) is 0.488. The number of allylic oxidation sites excluding steroid dienone is 2. The number of hydrogen-bond acceptors (Lipinski definition) is 1. The van der Waals surface area contributed by atoms with Crippen molar-refractivity contribution in [3.63, 3.8) is 0 Å². The third-order valence-corrected chi connectivity index (χ3v) is 6.03. The minimum atomic E-state index is 0.599. The lowest BCUT2D eigenvalue weighted by atomic mass is 9.93. The third-order valence-electron chi connectivity index (χ3n) is 6.03. The fourth-order valence-corrected chi connectivity index (χ4v) is 4.71. The molecule has 0 aliphatic heterocycles. The minimum absolute atomic E-state index is 0.599. The normalized spacial score (nSPS) is 23.1. The molecule has 23 heavy (non-hydrogen) atoms. The van der Waals surface area contributed by atoms with Crippen LogP contribution in [0.1, 0.15) is 91.9 Å². The van der Waals surface area contributed by atoms with E-state index < -0.39 is 0 Å². The minimum Gasteiger partial charge on any atom is -0.375 e. The summed E-state index contributed by atoms with van der Waals surface area (Å²) in [4.78, 5) is 2.54. The van der Waals surface area contributed by atoms with Gasteiger partial charge < -0.3 is 4.90 Å². The number of hydrogen-bond donors (Lipinski definition) is 0. The average molecular weight is 320 g/mol. The van der Waals surface area contributed by atoms with Crippen LogP contribution >= 0.6 is 0 Å². The zero-order valence-electron chi connectivity index (χ0n) is 16.3. The lowest BCUT2D eigenvalue weighted by Gasteiger charge is -2.33. The highest BCUT2D eigenvalue weighted by atomic mass is 15.1. The first-order chi connectivity index (χ1) is 11.0. The predicted octanol–water partition coefficient (Wildman–Crippen LogP) is 5.37. The maximum Gasteiger partial charge on any atom is 0.175 e. The van der Waals surface area contributed by atoms with Crippen LogP contribution in [0.25, 0.3) is 0 Å². The highest BCUT2D eigenvalue weighted by Crippen LogP contribution is 2.25. The van der Waals surface area contributed by atoms with E-state index in [1.54, 1.807) is 0 Å². The van der Waals surface area contributed by atoms with Crippen LogP contribution < -0.4 is 0 Å². The van der Waals surface area contributed by atoms with Gasteiger partial charge in [0.2, 0.25) is 0 Å². The van der Waals surface area contributed by atoms with Crippen molar-refractivity contribution in [1.82, 2.24) is 4.90 Å². The lowest BCUT2D eigenvalue weighted by molar-refractivity contribution is -0.597. The van der Waals surface area contributed by atoms with Gasteiger partial charge in [0.15, 0.2) is 11.8 Å². The molecule has 0 atom stereocenters. The molecule has 2 fully saturated rings. The second-order valence-electron chi connectivity index (χ2n) is 8.12. The Kier molecular flexibility index (Phi) is 7.17. The van der Waals surface area contributed by atoms with E-state index in [1.807, 2.05) is 0 Å². The first-order valence-electron chi connectivity index (χ1n) is 10.0. The van der Waals surface area contributed by atoms with Crippen molar-refractivity contribution in [3.05, 3.63) is 11.8 Å². The van der Waals surface area contributed by atoms with Crippen LogP contribution in [0.3, 0.4) is 0 Å². The van der Waals surface area contributed by atoms with Gasteiger partial charge in [0.25, 0.3) is 0 Å². The molecule has 2 heteroatoms. The van der Waals surface area contributed by atoms with Gasteiger partial charge in [0, 0.05) is 44.6 Å². The van der Waals surface area contributed by atoms with E-state index in [2.05, 4.69) is 50.3 Å². The van der Waals surface area contributed by atoms with E-state index >= 15 is 0 Å². The summed E-state index contributed by atoms with van der Waals surface area (Å²) in [6.07, 6.45) is 16.4. The molecule has 132 valence electrons. The van der Waals surface area contributed by atoms with Crippen LogP contribution in [0.5, 0.6) is 0 Å². The second-order valence-corrected chi connectivity index (χ2v) is 8.12. The Balaban J connectivity index is 2.14. The van der Waals surface area contributed by atoms with Crippen molar-refractivity contribution >= 4 is 5.71 Å². The molecule has 0 radical (unpaired) electrons. The molecular weight excluding hydrogens is 280 g/mol. The molecule has 0 aromatic heterocycles. The van der Waals surface area contributed by atoms with Crippen molar-refractivity contribution in [3.8, 4) is 0 Å². The summed E-state index contributed by atoms with van der Waals surface area (Å²) in [6, 6.07) is 2.12. The molecule has 2 aliphatic rings. The highest BCUT2D eigenvalue weighted by molar-refractivity contribution is 5.89. The van der Waals surface area contributed by atoms with Gasteiger partial charge in [-0.3, -0.25) is 0 Å². The standard InChI is InChI=1S/C21H39N2/c1-17(2)23(21-14-10-7-11-15-21)19(4)16-18(3)22(5)20-12-8-6-9-13-20/h16-17,20-21H,6-15H2,1-5H3/q+1. The van der Waals surface area contributed by atoms with Gasteiger partial charge >= 0.3 is 0 Å². The van der Waals surface area contributed by atoms with Crippen LogP contribution in [0.15, 0.2) is 11.8 Å². The molecule has 2 aliphatic carbocycles. The molecule has 0 heterocycles. The molecule has 2 rings (SSSR count). The van der Waals surface area contributed by atoms with Crippen molar-refractivity contribution in [2.45, 2.75) is 110 Å². The highest BCUT2D eigenvalue weighted by Gasteiger charge is 2.27. The van der Waals surface area contributed by atoms with Crippen LogP contribution in [-0.4, -0.2) is 40.4 Å². The predicted molar refractivity (Wildman–Crippen MR) is 101 cm³/mol. The lowest BCUT2D eigenvalue weighted by Crippen LogP contribution is -2.37. The summed E-state index contributed by atoms with van der Waals surface area (Å²) in [5.41, 5.74) is 2.91. The Labute approximate surface area is 144 Å². The first kappa shape index (κ1) is 18.5. The van der Waals surface area contributed by atoms with Crippen LogP contribution in [0, 0.1) is 0 Å². The summed E-state index contributed by atoms with van der Waals surface area (Å²) in [6.45, 7) is 9.34. The molecule has 2 nitrogen and oxygen atoms in total. The summed E-state index contributed by atoms with van der Waals surface area (Å²) in [7, 11) is 2.30. The van der Waals surface area contributed by atoms with E-state index in [1.165, 1.54) is 75.6 Å². The fraction of sp³-hybridized carbons (Fsp3) is 0.857. The van der Waals surface area contributed by atoms with Crippen molar-refractivity contribution in [2.24, 2.45) is 0 Å². The van der Waals surface area contributed by atoms with Crippen LogP contribution in [-0.2, 0) is 0 Å². The molecule has 2 saturated carbocycles. The van der Waals surface area contributed by atoms with Gasteiger partial charge in [-0.15, -0.1) is 0 Å². The zero-order valence-corrected chi connectivity index (χ0v) is 16.3. The van der Waals surface area contributed by atoms with E-state index in [0.717, 1.165) is 12.1 Å². The van der Waals surface area contributed by atoms with Gasteiger partial charge in [-0.1, -0.05) is 25.7 Å². The second kappa shape index (κ2) is 8.89. The van der Waals surface area contributed by atoms with Crippen LogP contribution in [0.2, 0.25) is 0 Å². The van der Waals surface area contributed by atoms with Crippen molar-refractivity contribution < 1.29 is 4.58 Å². The first-order valence-corrected chi connectivity index (χ1v) is 10.0. The Bertz CT molecular complexity index is 421. The van der Waals surface area contributed by atoms with Gasteiger partial charge in [-0.25, -0.2) is 4.58 Å². The summed E-state index contributed by atoms with van der Waals surface area (Å²) < 4.78 is 2.69. The molecule has 0 aromatic rings. The van der Waals surface area contributed by atoms with E-state index in [9.17, 15) is 0 Å². The van der Waals surface area contributed by atoms with Crippen molar-refractivity contribution in [1.29, 1.82) is 0 Å². The van der Waals surface area contributed by atoms with Gasteiger partial charge in [0.05, 0.1) is 0 Å². The fourth-order valence-electron chi connectivity index (χ4n) is 4.71. The Morgan fingerprint density at radius 3 is 1.96 bits per heavy atom. The average Bonchev–Trinajstić information content (AvgIpc) is 2.55. The van der Waals surface area contributed by atoms with E-state index in [-0.39, 0.29) is 0 Å². The largest absolute Gasteiger partial charge is 0.375 e. The van der Waals surface area contributed by atoms with Crippen molar-refractivity contribution in [2.75, 3.05) is 7.05 Å². The van der Waals surface area contributed by atoms with Crippen LogP contribution in [0.4, 0.5) is 0 Å². The molecule has 0 unspecified atom stereocenters. The van der Waals surface area contributed by atoms with Gasteiger partial charge in [-0.2, -0.15) is 0 Å². The summed E-state index contributed by atoms with van der Waals surface area (Å²) in [5, 5.41) is 0.